The number of carboxylic acid groups (broad SMARTS) is 1. The molecule has 156 valence electrons. The molecule has 0 radical (unpaired) electrons. The van der Waals surface area contributed by atoms with E-state index in [1.54, 1.807) is 24.3 Å². The van der Waals surface area contributed by atoms with Crippen molar-refractivity contribution in [2.24, 2.45) is 0 Å². The molecule has 9 heteroatoms. The number of rotatable bonds is 8. The molecule has 1 heterocycles. The van der Waals surface area contributed by atoms with Crippen LogP contribution in [0.15, 0.2) is 54.6 Å². The molecule has 1 fully saturated rings. The highest BCUT2D eigenvalue weighted by atomic mass is 16.7. The zero-order valence-corrected chi connectivity index (χ0v) is 15.9. The Bertz CT molecular complexity index is 912. The second kappa shape index (κ2) is 9.55. The number of carbonyl (C=O) groups excluding carboxylic acids is 3. The topological polar surface area (TPSA) is 122 Å². The van der Waals surface area contributed by atoms with Crippen LogP contribution in [0.1, 0.15) is 24.0 Å². The zero-order chi connectivity index (χ0) is 21.5. The van der Waals surface area contributed by atoms with Crippen molar-refractivity contribution in [3.05, 3.63) is 65.7 Å². The zero-order valence-electron chi connectivity index (χ0n) is 15.9. The molecular formula is C21H20N2O7. The van der Waals surface area contributed by atoms with Gasteiger partial charge in [-0.15, -0.1) is 5.06 Å². The highest BCUT2D eigenvalue weighted by Crippen LogP contribution is 2.16. The van der Waals surface area contributed by atoms with Crippen LogP contribution in [0.5, 0.6) is 5.75 Å². The summed E-state index contributed by atoms with van der Waals surface area (Å²) in [7, 11) is 0. The first kappa shape index (κ1) is 20.8. The van der Waals surface area contributed by atoms with Crippen molar-refractivity contribution >= 4 is 23.9 Å². The fraction of sp³-hybridized carbons (Fsp3) is 0.238. The number of benzene rings is 2. The molecule has 2 aromatic rings. The first-order valence-corrected chi connectivity index (χ1v) is 9.25. The standard InChI is InChI=1S/C21H20N2O7/c24-18-10-11-19(25)23(18)30-21(28)22-17(20(26)27)12-14-6-8-16(9-7-14)29-13-15-4-2-1-3-5-15/h1-9,17H,10-13H2,(H,22,28)(H,26,27)/t17-/m0/s1. The van der Waals surface area contributed by atoms with Crippen LogP contribution in [0.25, 0.3) is 0 Å². The number of carbonyl (C=O) groups is 4. The van der Waals surface area contributed by atoms with Crippen molar-refractivity contribution in [3.8, 4) is 5.75 Å². The molecule has 0 spiro atoms. The average Bonchev–Trinajstić information content (AvgIpc) is 3.05. The number of ether oxygens (including phenoxy) is 1. The van der Waals surface area contributed by atoms with E-state index in [0.717, 1.165) is 5.56 Å². The minimum atomic E-state index is -1.30. The van der Waals surface area contributed by atoms with E-state index < -0.39 is 29.9 Å². The predicted octanol–water partition coefficient (Wildman–Crippen LogP) is 2.05. The summed E-state index contributed by atoms with van der Waals surface area (Å²) in [4.78, 5) is 51.0. The number of imide groups is 1. The number of aliphatic carboxylic acids is 1. The van der Waals surface area contributed by atoms with E-state index in [0.29, 0.717) is 23.0 Å². The average molecular weight is 412 g/mol. The fourth-order valence-corrected chi connectivity index (χ4v) is 2.81. The van der Waals surface area contributed by atoms with Crippen LogP contribution < -0.4 is 10.1 Å². The Balaban J connectivity index is 1.54. The van der Waals surface area contributed by atoms with E-state index in [4.69, 9.17) is 4.74 Å². The minimum Gasteiger partial charge on any atom is -0.489 e. The highest BCUT2D eigenvalue weighted by molar-refractivity contribution is 6.01. The summed E-state index contributed by atoms with van der Waals surface area (Å²) in [5.74, 6) is -1.95. The van der Waals surface area contributed by atoms with Gasteiger partial charge in [-0.2, -0.15) is 0 Å². The molecule has 1 aliphatic rings. The number of hydrogen-bond donors (Lipinski definition) is 2. The molecule has 30 heavy (non-hydrogen) atoms. The first-order valence-electron chi connectivity index (χ1n) is 9.25. The number of amides is 3. The van der Waals surface area contributed by atoms with Crippen LogP contribution in [0, 0.1) is 0 Å². The van der Waals surface area contributed by atoms with Gasteiger partial charge in [0.2, 0.25) is 0 Å². The van der Waals surface area contributed by atoms with Crippen molar-refractivity contribution in [1.82, 2.24) is 10.4 Å². The summed E-state index contributed by atoms with van der Waals surface area (Å²) in [5.41, 5.74) is 1.66. The minimum absolute atomic E-state index is 0.0225. The maximum atomic E-state index is 11.9. The van der Waals surface area contributed by atoms with Crippen LogP contribution >= 0.6 is 0 Å². The lowest BCUT2D eigenvalue weighted by atomic mass is 10.1. The predicted molar refractivity (Wildman–Crippen MR) is 103 cm³/mol. The second-order valence-electron chi connectivity index (χ2n) is 6.62. The Morgan fingerprint density at radius 1 is 0.967 bits per heavy atom. The van der Waals surface area contributed by atoms with Gasteiger partial charge in [-0.3, -0.25) is 9.59 Å². The maximum Gasteiger partial charge on any atom is 0.432 e. The molecule has 2 N–H and O–H groups in total. The molecule has 0 unspecified atom stereocenters. The van der Waals surface area contributed by atoms with Gasteiger partial charge >= 0.3 is 12.1 Å². The quantitative estimate of drug-likeness (QED) is 0.636. The highest BCUT2D eigenvalue weighted by Gasteiger charge is 2.34. The Kier molecular flexibility index (Phi) is 6.63. The first-order chi connectivity index (χ1) is 14.4. The van der Waals surface area contributed by atoms with Gasteiger partial charge in [-0.25, -0.2) is 9.59 Å². The van der Waals surface area contributed by atoms with Crippen molar-refractivity contribution in [3.63, 3.8) is 0 Å². The van der Waals surface area contributed by atoms with Gasteiger partial charge in [0.05, 0.1) is 0 Å². The molecule has 0 aromatic heterocycles. The van der Waals surface area contributed by atoms with Crippen molar-refractivity contribution in [2.45, 2.75) is 31.9 Å². The van der Waals surface area contributed by atoms with E-state index in [9.17, 15) is 24.3 Å². The number of nitrogens with one attached hydrogen (secondary N) is 1. The van der Waals surface area contributed by atoms with E-state index >= 15 is 0 Å². The van der Waals surface area contributed by atoms with Crippen molar-refractivity contribution in [2.75, 3.05) is 0 Å². The second-order valence-corrected chi connectivity index (χ2v) is 6.62. The summed E-state index contributed by atoms with van der Waals surface area (Å²) in [5, 5.41) is 11.9. The van der Waals surface area contributed by atoms with Gasteiger partial charge in [0.25, 0.3) is 11.8 Å². The lowest BCUT2D eigenvalue weighted by Crippen LogP contribution is -2.45. The van der Waals surface area contributed by atoms with Crippen LogP contribution in [0.2, 0.25) is 0 Å². The van der Waals surface area contributed by atoms with Crippen LogP contribution in [-0.2, 0) is 32.2 Å². The SMILES string of the molecule is O=C(N[C@@H](Cc1ccc(OCc2ccccc2)cc1)C(=O)O)ON1C(=O)CCC1=O. The molecule has 0 bridgehead atoms. The Morgan fingerprint density at radius 2 is 1.60 bits per heavy atom. The van der Waals surface area contributed by atoms with Crippen molar-refractivity contribution in [1.29, 1.82) is 0 Å². The summed E-state index contributed by atoms with van der Waals surface area (Å²) < 4.78 is 5.68. The Labute approximate surface area is 172 Å². The van der Waals surface area contributed by atoms with Gasteiger partial charge in [-0.1, -0.05) is 42.5 Å². The third-order valence-corrected chi connectivity index (χ3v) is 4.38. The number of carboxylic acids is 1. The van der Waals surface area contributed by atoms with Gasteiger partial charge in [0.15, 0.2) is 0 Å². The molecule has 0 saturated carbocycles. The van der Waals surface area contributed by atoms with E-state index in [2.05, 4.69) is 10.2 Å². The Hall–Kier alpha value is -3.88. The molecule has 1 saturated heterocycles. The molecule has 1 aliphatic heterocycles. The third-order valence-electron chi connectivity index (χ3n) is 4.38. The summed E-state index contributed by atoms with van der Waals surface area (Å²) in [6.07, 6.45) is -1.31. The number of nitrogens with zero attached hydrogens (tertiary/aromatic N) is 1. The van der Waals surface area contributed by atoms with Gasteiger partial charge in [-0.05, 0) is 23.3 Å². The number of hydroxylamine groups is 2. The fourth-order valence-electron chi connectivity index (χ4n) is 2.81. The molecule has 0 aliphatic carbocycles. The molecule has 2 aromatic carbocycles. The van der Waals surface area contributed by atoms with Gasteiger partial charge < -0.3 is 20.0 Å². The van der Waals surface area contributed by atoms with Crippen LogP contribution in [0.3, 0.4) is 0 Å². The van der Waals surface area contributed by atoms with Crippen molar-refractivity contribution < 1.29 is 33.9 Å². The largest absolute Gasteiger partial charge is 0.489 e. The molecule has 3 amide bonds. The Morgan fingerprint density at radius 3 is 2.20 bits per heavy atom. The van der Waals surface area contributed by atoms with E-state index in [1.165, 1.54) is 0 Å². The smallest absolute Gasteiger partial charge is 0.432 e. The van der Waals surface area contributed by atoms with Crippen LogP contribution in [-0.4, -0.2) is 40.1 Å². The van der Waals surface area contributed by atoms with Gasteiger partial charge in [0, 0.05) is 19.3 Å². The molecular weight excluding hydrogens is 392 g/mol. The summed E-state index contributed by atoms with van der Waals surface area (Å²) in [6, 6.07) is 15.1. The summed E-state index contributed by atoms with van der Waals surface area (Å²) in [6.45, 7) is 0.402. The lowest BCUT2D eigenvalue weighted by Gasteiger charge is -2.17. The van der Waals surface area contributed by atoms with Crippen LogP contribution in [0.4, 0.5) is 4.79 Å². The molecule has 9 nitrogen and oxygen atoms in total. The van der Waals surface area contributed by atoms with Gasteiger partial charge in [0.1, 0.15) is 18.4 Å². The monoisotopic (exact) mass is 412 g/mol. The molecule has 3 rings (SSSR count). The van der Waals surface area contributed by atoms with E-state index in [1.807, 2.05) is 30.3 Å². The number of hydrogen-bond acceptors (Lipinski definition) is 6. The van der Waals surface area contributed by atoms with E-state index in [-0.39, 0.29) is 19.3 Å². The maximum absolute atomic E-state index is 11.9. The normalized spacial score (nSPS) is 14.3. The molecule has 1 atom stereocenters. The lowest BCUT2D eigenvalue weighted by molar-refractivity contribution is -0.171. The third kappa shape index (κ3) is 5.57. The summed E-state index contributed by atoms with van der Waals surface area (Å²) >= 11 is 0.